The molecule has 0 aliphatic carbocycles. The fourth-order valence-corrected chi connectivity index (χ4v) is 3.54. The first-order chi connectivity index (χ1) is 13.8. The van der Waals surface area contributed by atoms with Crippen LogP contribution in [0.2, 0.25) is 0 Å². The molecule has 3 aromatic rings. The quantitative estimate of drug-likeness (QED) is 0.587. The van der Waals surface area contributed by atoms with E-state index in [0.717, 1.165) is 5.75 Å². The van der Waals surface area contributed by atoms with Gasteiger partial charge in [-0.15, -0.1) is 10.2 Å². The lowest BCUT2D eigenvalue weighted by Gasteiger charge is -2.19. The molecule has 152 valence electrons. The maximum Gasteiger partial charge on any atom is 0.276 e. The molecule has 0 bridgehead atoms. The first-order valence-electron chi connectivity index (χ1n) is 9.45. The van der Waals surface area contributed by atoms with Crippen LogP contribution >= 0.6 is 11.8 Å². The Morgan fingerprint density at radius 1 is 1.07 bits per heavy atom. The van der Waals surface area contributed by atoms with Crippen LogP contribution in [0.25, 0.3) is 0 Å². The van der Waals surface area contributed by atoms with Gasteiger partial charge in [0.05, 0.1) is 0 Å². The zero-order chi connectivity index (χ0) is 20.9. The van der Waals surface area contributed by atoms with E-state index in [2.05, 4.69) is 48.5 Å². The third-order valence-corrected chi connectivity index (χ3v) is 5.33. The highest BCUT2D eigenvalue weighted by atomic mass is 32.2. The number of benzene rings is 2. The van der Waals surface area contributed by atoms with Crippen molar-refractivity contribution < 1.29 is 9.53 Å². The molecule has 0 aliphatic heterocycles. The van der Waals surface area contributed by atoms with Crippen LogP contribution in [-0.4, -0.2) is 27.4 Å². The molecule has 1 amide bonds. The van der Waals surface area contributed by atoms with Crippen molar-refractivity contribution in [3.05, 3.63) is 71.5 Å². The summed E-state index contributed by atoms with van der Waals surface area (Å²) in [4.78, 5) is 12.4. The number of hydrogen-bond acceptors (Lipinski definition) is 5. The number of aromatic nitrogens is 3. The van der Waals surface area contributed by atoms with Gasteiger partial charge in [0.15, 0.2) is 6.61 Å². The number of nitrogens with one attached hydrogen (secondary N) is 1. The molecular formula is C22H26N4O2S. The van der Waals surface area contributed by atoms with E-state index in [-0.39, 0.29) is 17.9 Å². The van der Waals surface area contributed by atoms with E-state index < -0.39 is 0 Å². The highest BCUT2D eigenvalue weighted by molar-refractivity contribution is 7.98. The number of thioether (sulfide) groups is 1. The Morgan fingerprint density at radius 2 is 1.76 bits per heavy atom. The normalized spacial score (nSPS) is 11.3. The molecule has 0 atom stereocenters. The first-order valence-corrected chi connectivity index (χ1v) is 10.4. The standard InChI is InChI=1S/C22H26N4O2S/c1-16-23-24-21(29-15-17-8-6-5-7-9-17)26(16)25-20(27)14-28-19-12-10-18(11-13-19)22(2,3)4/h5-13H,14-15H2,1-4H3,(H,25,27). The summed E-state index contributed by atoms with van der Waals surface area (Å²) in [6.07, 6.45) is 0. The zero-order valence-electron chi connectivity index (χ0n) is 17.2. The third kappa shape index (κ3) is 5.84. The van der Waals surface area contributed by atoms with Gasteiger partial charge in [-0.3, -0.25) is 10.2 Å². The van der Waals surface area contributed by atoms with E-state index in [1.807, 2.05) is 42.5 Å². The maximum absolute atomic E-state index is 12.4. The predicted molar refractivity (Wildman–Crippen MR) is 116 cm³/mol. The van der Waals surface area contributed by atoms with Crippen LogP contribution in [0.1, 0.15) is 37.7 Å². The van der Waals surface area contributed by atoms with Crippen molar-refractivity contribution in [2.45, 2.75) is 44.0 Å². The number of rotatable bonds is 7. The van der Waals surface area contributed by atoms with Crippen LogP contribution < -0.4 is 10.2 Å². The minimum absolute atomic E-state index is 0.0790. The van der Waals surface area contributed by atoms with Crippen LogP contribution in [0.4, 0.5) is 0 Å². The number of aryl methyl sites for hydroxylation is 1. The molecule has 6 nitrogen and oxygen atoms in total. The van der Waals surface area contributed by atoms with Gasteiger partial charge in [-0.2, -0.15) is 0 Å². The van der Waals surface area contributed by atoms with Gasteiger partial charge in [0.25, 0.3) is 5.91 Å². The summed E-state index contributed by atoms with van der Waals surface area (Å²) in [7, 11) is 0. The van der Waals surface area contributed by atoms with E-state index >= 15 is 0 Å². The fourth-order valence-electron chi connectivity index (χ4n) is 2.64. The molecule has 2 aromatic carbocycles. The average molecular weight is 411 g/mol. The van der Waals surface area contributed by atoms with Crippen molar-refractivity contribution in [1.82, 2.24) is 14.9 Å². The van der Waals surface area contributed by atoms with E-state index in [4.69, 9.17) is 4.74 Å². The Morgan fingerprint density at radius 3 is 2.41 bits per heavy atom. The van der Waals surface area contributed by atoms with Gasteiger partial charge >= 0.3 is 0 Å². The smallest absolute Gasteiger partial charge is 0.276 e. The fraction of sp³-hybridized carbons (Fsp3) is 0.318. The van der Waals surface area contributed by atoms with Crippen LogP contribution in [0.3, 0.4) is 0 Å². The molecule has 1 heterocycles. The zero-order valence-corrected chi connectivity index (χ0v) is 18.0. The highest BCUT2D eigenvalue weighted by Gasteiger charge is 2.15. The minimum atomic E-state index is -0.269. The number of amides is 1. The molecule has 0 aliphatic rings. The lowest BCUT2D eigenvalue weighted by Crippen LogP contribution is -2.29. The summed E-state index contributed by atoms with van der Waals surface area (Å²) in [6.45, 7) is 8.18. The van der Waals surface area contributed by atoms with E-state index in [1.54, 1.807) is 11.6 Å². The SMILES string of the molecule is Cc1nnc(SCc2ccccc2)n1NC(=O)COc1ccc(C(C)(C)C)cc1. The summed E-state index contributed by atoms with van der Waals surface area (Å²) < 4.78 is 7.22. The molecule has 0 fully saturated rings. The molecule has 0 saturated heterocycles. The molecule has 0 saturated carbocycles. The Bertz CT molecular complexity index is 947. The monoisotopic (exact) mass is 410 g/mol. The molecule has 1 N–H and O–H groups in total. The molecule has 1 aromatic heterocycles. The second kappa shape index (κ2) is 9.13. The number of nitrogens with zero attached hydrogens (tertiary/aromatic N) is 3. The second-order valence-electron chi connectivity index (χ2n) is 7.74. The molecule has 3 rings (SSSR count). The van der Waals surface area contributed by atoms with E-state index in [1.165, 1.54) is 22.9 Å². The largest absolute Gasteiger partial charge is 0.484 e. The van der Waals surface area contributed by atoms with Crippen LogP contribution in [0, 0.1) is 6.92 Å². The summed E-state index contributed by atoms with van der Waals surface area (Å²) in [6, 6.07) is 17.9. The number of carbonyl (C=O) groups is 1. The van der Waals surface area contributed by atoms with Gasteiger partial charge in [0.2, 0.25) is 5.16 Å². The summed E-state index contributed by atoms with van der Waals surface area (Å²) in [5, 5.41) is 8.86. The second-order valence-corrected chi connectivity index (χ2v) is 8.68. The van der Waals surface area contributed by atoms with Gasteiger partial charge in [0.1, 0.15) is 11.6 Å². The van der Waals surface area contributed by atoms with Gasteiger partial charge in [-0.05, 0) is 35.6 Å². The first kappa shape index (κ1) is 20.9. The maximum atomic E-state index is 12.4. The summed E-state index contributed by atoms with van der Waals surface area (Å²) in [5.41, 5.74) is 5.28. The predicted octanol–water partition coefficient (Wildman–Crippen LogP) is 4.33. The van der Waals surface area contributed by atoms with Crippen molar-refractivity contribution in [1.29, 1.82) is 0 Å². The Kier molecular flexibility index (Phi) is 6.59. The summed E-state index contributed by atoms with van der Waals surface area (Å²) in [5.74, 6) is 1.75. The van der Waals surface area contributed by atoms with Crippen molar-refractivity contribution in [3.8, 4) is 5.75 Å². The van der Waals surface area contributed by atoms with Crippen LogP contribution in [0.15, 0.2) is 59.8 Å². The van der Waals surface area contributed by atoms with E-state index in [0.29, 0.717) is 16.7 Å². The Balaban J connectivity index is 1.56. The molecular weight excluding hydrogens is 384 g/mol. The molecule has 0 unspecified atom stereocenters. The average Bonchev–Trinajstić information content (AvgIpc) is 3.05. The summed E-state index contributed by atoms with van der Waals surface area (Å²) >= 11 is 1.52. The van der Waals surface area contributed by atoms with Gasteiger partial charge in [0, 0.05) is 5.75 Å². The number of hydrogen-bond donors (Lipinski definition) is 1. The van der Waals surface area contributed by atoms with Crippen LogP contribution in [-0.2, 0) is 16.0 Å². The number of ether oxygens (including phenoxy) is 1. The van der Waals surface area contributed by atoms with Crippen molar-refractivity contribution in [2.75, 3.05) is 12.0 Å². The molecule has 0 radical (unpaired) electrons. The van der Waals surface area contributed by atoms with Crippen molar-refractivity contribution in [3.63, 3.8) is 0 Å². The van der Waals surface area contributed by atoms with Gasteiger partial charge in [-0.1, -0.05) is 75.0 Å². The molecule has 29 heavy (non-hydrogen) atoms. The lowest BCUT2D eigenvalue weighted by molar-refractivity contribution is -0.119. The minimum Gasteiger partial charge on any atom is -0.484 e. The molecule has 0 spiro atoms. The van der Waals surface area contributed by atoms with Crippen LogP contribution in [0.5, 0.6) is 5.75 Å². The van der Waals surface area contributed by atoms with Crippen molar-refractivity contribution in [2.24, 2.45) is 0 Å². The third-order valence-electron chi connectivity index (χ3n) is 4.33. The Labute approximate surface area is 175 Å². The molecule has 7 heteroatoms. The highest BCUT2D eigenvalue weighted by Crippen LogP contribution is 2.24. The Hall–Kier alpha value is -2.80. The van der Waals surface area contributed by atoms with Crippen molar-refractivity contribution >= 4 is 17.7 Å². The van der Waals surface area contributed by atoms with Gasteiger partial charge < -0.3 is 4.74 Å². The van der Waals surface area contributed by atoms with E-state index in [9.17, 15) is 4.79 Å². The lowest BCUT2D eigenvalue weighted by atomic mass is 9.87. The number of carbonyl (C=O) groups excluding carboxylic acids is 1. The van der Waals surface area contributed by atoms with Gasteiger partial charge in [-0.25, -0.2) is 4.68 Å². The topological polar surface area (TPSA) is 69.0 Å².